The fourth-order valence-corrected chi connectivity index (χ4v) is 1.99. The molecule has 1 aromatic carbocycles. The first-order chi connectivity index (χ1) is 8.43. The fourth-order valence-electron chi connectivity index (χ4n) is 1.54. The molecule has 6 heteroatoms. The van der Waals surface area contributed by atoms with E-state index in [2.05, 4.69) is 5.32 Å². The van der Waals surface area contributed by atoms with Crippen molar-refractivity contribution in [2.75, 3.05) is 23.9 Å². The van der Waals surface area contributed by atoms with Crippen LogP contribution in [0.3, 0.4) is 0 Å². The highest BCUT2D eigenvalue weighted by Crippen LogP contribution is 2.23. The molecular formula is C12H19N3O2S. The lowest BCUT2D eigenvalue weighted by Crippen LogP contribution is -2.19. The molecule has 0 radical (unpaired) electrons. The van der Waals surface area contributed by atoms with E-state index in [1.165, 1.54) is 0 Å². The zero-order valence-corrected chi connectivity index (χ0v) is 11.4. The van der Waals surface area contributed by atoms with Gasteiger partial charge in [-0.2, -0.15) is 0 Å². The van der Waals surface area contributed by atoms with Crippen LogP contribution in [0.1, 0.15) is 23.7 Å². The molecule has 0 aliphatic carbocycles. The third-order valence-corrected chi connectivity index (χ3v) is 4.15. The maximum atomic E-state index is 11.3. The number of amides is 1. The van der Waals surface area contributed by atoms with Gasteiger partial charge in [0, 0.05) is 28.9 Å². The number of hydrogen-bond acceptors (Lipinski definition) is 4. The number of nitrogen functional groups attached to an aromatic ring is 1. The first kappa shape index (κ1) is 14.5. The van der Waals surface area contributed by atoms with Crippen molar-refractivity contribution in [3.8, 4) is 0 Å². The van der Waals surface area contributed by atoms with Crippen molar-refractivity contribution in [3.63, 3.8) is 0 Å². The molecule has 0 spiro atoms. The van der Waals surface area contributed by atoms with Gasteiger partial charge in [-0.15, -0.1) is 0 Å². The van der Waals surface area contributed by atoms with E-state index in [0.717, 1.165) is 6.42 Å². The number of carbonyl (C=O) groups excluding carboxylic acids is 1. The number of para-hydroxylation sites is 1. The molecular weight excluding hydrogens is 250 g/mol. The fraction of sp³-hybridized carbons (Fsp3) is 0.417. The standard InChI is InChI=1S/C12H19N3O2S/c1-8(18(2)17)6-7-15-11-9(12(14)16)4-3-5-10(11)13/h3-5,8,15H,6-7,13H2,1-2H3,(H2,14,16). The van der Waals surface area contributed by atoms with E-state index in [4.69, 9.17) is 11.5 Å². The molecule has 0 aliphatic heterocycles. The van der Waals surface area contributed by atoms with Crippen molar-refractivity contribution in [3.05, 3.63) is 23.8 Å². The highest BCUT2D eigenvalue weighted by molar-refractivity contribution is 7.84. The SMILES string of the molecule is CC(CCNc1c(N)cccc1C(N)=O)S(C)=O. The van der Waals surface area contributed by atoms with Crippen LogP contribution in [0.15, 0.2) is 18.2 Å². The van der Waals surface area contributed by atoms with Crippen LogP contribution < -0.4 is 16.8 Å². The number of hydrogen-bond donors (Lipinski definition) is 3. The largest absolute Gasteiger partial charge is 0.397 e. The lowest BCUT2D eigenvalue weighted by molar-refractivity contribution is 0.100. The van der Waals surface area contributed by atoms with Crippen LogP contribution in [0.25, 0.3) is 0 Å². The predicted molar refractivity (Wildman–Crippen MR) is 76.0 cm³/mol. The molecule has 5 nitrogen and oxygen atoms in total. The van der Waals surface area contributed by atoms with E-state index in [1.807, 2.05) is 6.92 Å². The number of nitrogens with one attached hydrogen (secondary N) is 1. The Morgan fingerprint density at radius 2 is 2.17 bits per heavy atom. The van der Waals surface area contributed by atoms with Crippen LogP contribution in [-0.2, 0) is 10.8 Å². The van der Waals surface area contributed by atoms with Gasteiger partial charge in [-0.1, -0.05) is 13.0 Å². The highest BCUT2D eigenvalue weighted by Gasteiger charge is 2.11. The number of rotatable bonds is 6. The lowest BCUT2D eigenvalue weighted by Gasteiger charge is -2.14. The Morgan fingerprint density at radius 3 is 2.72 bits per heavy atom. The summed E-state index contributed by atoms with van der Waals surface area (Å²) < 4.78 is 11.2. The molecule has 0 aromatic heterocycles. The third-order valence-electron chi connectivity index (χ3n) is 2.78. The van der Waals surface area contributed by atoms with E-state index >= 15 is 0 Å². The molecule has 0 bridgehead atoms. The first-order valence-corrected chi connectivity index (χ1v) is 7.30. The van der Waals surface area contributed by atoms with E-state index in [0.29, 0.717) is 23.5 Å². The molecule has 2 atom stereocenters. The maximum absolute atomic E-state index is 11.3. The maximum Gasteiger partial charge on any atom is 0.250 e. The molecule has 0 saturated carbocycles. The normalized spacial score (nSPS) is 13.9. The summed E-state index contributed by atoms with van der Waals surface area (Å²) in [6.07, 6.45) is 2.41. The summed E-state index contributed by atoms with van der Waals surface area (Å²) in [5.41, 5.74) is 12.5. The van der Waals surface area contributed by atoms with Gasteiger partial charge in [0.05, 0.1) is 16.9 Å². The zero-order chi connectivity index (χ0) is 13.7. The molecule has 100 valence electrons. The Morgan fingerprint density at radius 1 is 1.50 bits per heavy atom. The molecule has 18 heavy (non-hydrogen) atoms. The summed E-state index contributed by atoms with van der Waals surface area (Å²) >= 11 is 0. The highest BCUT2D eigenvalue weighted by atomic mass is 32.2. The molecule has 0 heterocycles. The van der Waals surface area contributed by atoms with Gasteiger partial charge < -0.3 is 16.8 Å². The summed E-state index contributed by atoms with van der Waals surface area (Å²) in [6.45, 7) is 2.51. The van der Waals surface area contributed by atoms with Crippen LogP contribution in [0.4, 0.5) is 11.4 Å². The van der Waals surface area contributed by atoms with E-state index < -0.39 is 16.7 Å². The van der Waals surface area contributed by atoms with Gasteiger partial charge in [-0.05, 0) is 18.6 Å². The number of primary amides is 1. The molecule has 0 saturated heterocycles. The van der Waals surface area contributed by atoms with Crippen LogP contribution in [-0.4, -0.2) is 28.2 Å². The smallest absolute Gasteiger partial charge is 0.250 e. The van der Waals surface area contributed by atoms with Crippen molar-refractivity contribution >= 4 is 28.1 Å². The topological polar surface area (TPSA) is 98.2 Å². The molecule has 2 unspecified atom stereocenters. The van der Waals surface area contributed by atoms with Gasteiger partial charge in [-0.25, -0.2) is 0 Å². The van der Waals surface area contributed by atoms with Crippen molar-refractivity contribution < 1.29 is 9.00 Å². The summed E-state index contributed by atoms with van der Waals surface area (Å²) in [5.74, 6) is -0.517. The Kier molecular flexibility index (Phi) is 5.15. The third kappa shape index (κ3) is 3.73. The number of anilines is 2. The van der Waals surface area contributed by atoms with Gasteiger partial charge in [0.25, 0.3) is 5.91 Å². The van der Waals surface area contributed by atoms with Crippen LogP contribution in [0.2, 0.25) is 0 Å². The summed E-state index contributed by atoms with van der Waals surface area (Å²) in [7, 11) is -0.851. The minimum atomic E-state index is -0.851. The van der Waals surface area contributed by atoms with E-state index in [9.17, 15) is 9.00 Å². The quantitative estimate of drug-likeness (QED) is 0.669. The van der Waals surface area contributed by atoms with Gasteiger partial charge in [-0.3, -0.25) is 9.00 Å². The second kappa shape index (κ2) is 6.39. The van der Waals surface area contributed by atoms with Gasteiger partial charge in [0.15, 0.2) is 0 Å². The number of nitrogens with two attached hydrogens (primary N) is 2. The Hall–Kier alpha value is -1.56. The second-order valence-electron chi connectivity index (χ2n) is 4.16. The van der Waals surface area contributed by atoms with Crippen LogP contribution >= 0.6 is 0 Å². The monoisotopic (exact) mass is 269 g/mol. The van der Waals surface area contributed by atoms with Gasteiger partial charge in [0.2, 0.25) is 0 Å². The molecule has 1 rings (SSSR count). The summed E-state index contributed by atoms with van der Waals surface area (Å²) in [6, 6.07) is 5.02. The molecule has 1 amide bonds. The van der Waals surface area contributed by atoms with Crippen molar-refractivity contribution in [2.45, 2.75) is 18.6 Å². The van der Waals surface area contributed by atoms with Crippen molar-refractivity contribution in [2.24, 2.45) is 5.73 Å². The summed E-state index contributed by atoms with van der Waals surface area (Å²) in [5, 5.41) is 3.19. The van der Waals surface area contributed by atoms with E-state index in [-0.39, 0.29) is 5.25 Å². The van der Waals surface area contributed by atoms with E-state index in [1.54, 1.807) is 24.5 Å². The molecule has 1 aromatic rings. The number of benzene rings is 1. The van der Waals surface area contributed by atoms with Crippen LogP contribution in [0.5, 0.6) is 0 Å². The minimum absolute atomic E-state index is 0.0967. The summed E-state index contributed by atoms with van der Waals surface area (Å²) in [4.78, 5) is 11.3. The van der Waals surface area contributed by atoms with Crippen molar-refractivity contribution in [1.29, 1.82) is 0 Å². The average Bonchev–Trinajstić information content (AvgIpc) is 2.30. The Bertz CT molecular complexity index is 463. The second-order valence-corrected chi connectivity index (χ2v) is 5.96. The average molecular weight is 269 g/mol. The molecule has 0 aliphatic rings. The van der Waals surface area contributed by atoms with Crippen LogP contribution in [0, 0.1) is 0 Å². The first-order valence-electron chi connectivity index (χ1n) is 5.68. The number of carbonyl (C=O) groups is 1. The zero-order valence-electron chi connectivity index (χ0n) is 10.6. The van der Waals surface area contributed by atoms with Gasteiger partial charge >= 0.3 is 0 Å². The van der Waals surface area contributed by atoms with Gasteiger partial charge in [0.1, 0.15) is 0 Å². The predicted octanol–water partition coefficient (Wildman–Crippen LogP) is 0.937. The minimum Gasteiger partial charge on any atom is -0.397 e. The lowest BCUT2D eigenvalue weighted by atomic mass is 10.1. The molecule has 5 N–H and O–H groups in total. The molecule has 0 fully saturated rings. The Balaban J connectivity index is 2.72. The Labute approximate surface area is 109 Å². The van der Waals surface area contributed by atoms with Crippen molar-refractivity contribution in [1.82, 2.24) is 0 Å².